The minimum atomic E-state index is -0.0295. The number of hydrogen-bond donors (Lipinski definition) is 2. The van der Waals surface area contributed by atoms with Gasteiger partial charge in [0.1, 0.15) is 5.69 Å². The summed E-state index contributed by atoms with van der Waals surface area (Å²) in [5, 5.41) is 4.24. The van der Waals surface area contributed by atoms with E-state index in [0.29, 0.717) is 22.9 Å². The van der Waals surface area contributed by atoms with Gasteiger partial charge in [-0.15, -0.1) is 12.4 Å². The molecular weight excluding hydrogens is 392 g/mol. The SMILES string of the molecule is COc1cc2[nH]c(C(=O)NC34CC5CC(CC(C5)C3)C4)cc2c(OC)c1OC.Cl. The Bertz CT molecular complexity index is 903. The van der Waals surface area contributed by atoms with Gasteiger partial charge in [0.25, 0.3) is 5.91 Å². The highest BCUT2D eigenvalue weighted by molar-refractivity contribution is 6.01. The first-order valence-electron chi connectivity index (χ1n) is 10.2. The highest BCUT2D eigenvalue weighted by Gasteiger charge is 2.51. The van der Waals surface area contributed by atoms with Gasteiger partial charge in [-0.2, -0.15) is 0 Å². The van der Waals surface area contributed by atoms with Gasteiger partial charge in [-0.1, -0.05) is 0 Å². The van der Waals surface area contributed by atoms with Crippen LogP contribution in [-0.2, 0) is 0 Å². The Morgan fingerprint density at radius 2 is 1.55 bits per heavy atom. The summed E-state index contributed by atoms with van der Waals surface area (Å²) >= 11 is 0. The van der Waals surface area contributed by atoms with Crippen molar-refractivity contribution in [2.45, 2.75) is 44.1 Å². The number of fused-ring (bicyclic) bond motifs is 1. The number of benzene rings is 1. The third-order valence-electron chi connectivity index (χ3n) is 7.09. The van der Waals surface area contributed by atoms with E-state index < -0.39 is 0 Å². The van der Waals surface area contributed by atoms with Crippen LogP contribution in [0.4, 0.5) is 0 Å². The second kappa shape index (κ2) is 7.31. The maximum atomic E-state index is 13.2. The van der Waals surface area contributed by atoms with Crippen molar-refractivity contribution >= 4 is 29.2 Å². The Morgan fingerprint density at radius 1 is 0.966 bits per heavy atom. The van der Waals surface area contributed by atoms with Gasteiger partial charge in [0.2, 0.25) is 5.75 Å². The molecule has 0 saturated heterocycles. The molecule has 1 aromatic carbocycles. The number of halogens is 1. The lowest BCUT2D eigenvalue weighted by Gasteiger charge is -2.56. The van der Waals surface area contributed by atoms with Crippen molar-refractivity contribution < 1.29 is 19.0 Å². The number of nitrogens with one attached hydrogen (secondary N) is 2. The molecule has 0 radical (unpaired) electrons. The number of H-pyrrole nitrogens is 1. The van der Waals surface area contributed by atoms with E-state index in [9.17, 15) is 4.79 Å². The average molecular weight is 421 g/mol. The van der Waals surface area contributed by atoms with Crippen LogP contribution in [0.25, 0.3) is 10.9 Å². The van der Waals surface area contributed by atoms with Gasteiger partial charge in [-0.25, -0.2) is 0 Å². The van der Waals surface area contributed by atoms with Gasteiger partial charge in [-0.05, 0) is 62.3 Å². The lowest BCUT2D eigenvalue weighted by molar-refractivity contribution is -0.0167. The van der Waals surface area contributed by atoms with E-state index in [1.54, 1.807) is 21.3 Å². The highest BCUT2D eigenvalue weighted by atomic mass is 35.5. The Hall–Kier alpha value is -2.08. The van der Waals surface area contributed by atoms with Gasteiger partial charge in [0.05, 0.1) is 26.8 Å². The van der Waals surface area contributed by atoms with Crippen molar-refractivity contribution in [2.75, 3.05) is 21.3 Å². The number of methoxy groups -OCH3 is 3. The molecule has 2 aromatic rings. The second-order valence-corrected chi connectivity index (χ2v) is 8.94. The van der Waals surface area contributed by atoms with Crippen molar-refractivity contribution in [1.82, 2.24) is 10.3 Å². The number of rotatable bonds is 5. The molecule has 1 amide bonds. The van der Waals surface area contributed by atoms with Gasteiger partial charge in [0.15, 0.2) is 11.5 Å². The molecule has 2 N–H and O–H groups in total. The Morgan fingerprint density at radius 3 is 2.07 bits per heavy atom. The van der Waals surface area contributed by atoms with E-state index in [0.717, 1.165) is 47.9 Å². The van der Waals surface area contributed by atoms with Gasteiger partial charge < -0.3 is 24.5 Å². The quantitative estimate of drug-likeness (QED) is 0.755. The van der Waals surface area contributed by atoms with Crippen LogP contribution in [0.15, 0.2) is 12.1 Å². The van der Waals surface area contributed by atoms with Crippen LogP contribution in [0.2, 0.25) is 0 Å². The topological polar surface area (TPSA) is 72.6 Å². The molecule has 0 atom stereocenters. The Balaban J connectivity index is 0.00000205. The molecule has 4 aliphatic rings. The summed E-state index contributed by atoms with van der Waals surface area (Å²) in [6.45, 7) is 0. The second-order valence-electron chi connectivity index (χ2n) is 8.94. The van der Waals surface area contributed by atoms with Crippen molar-refractivity contribution in [1.29, 1.82) is 0 Å². The van der Waals surface area contributed by atoms with Crippen LogP contribution in [0, 0.1) is 17.8 Å². The standard InChI is InChI=1S/C22H28N2O4.ClH/c1-26-18-8-16-15(19(27-2)20(18)28-3)7-17(23-16)21(25)24-22-9-12-4-13(10-22)6-14(5-12)11-22;/h7-8,12-14,23H,4-6,9-11H2,1-3H3,(H,24,25);1H. The van der Waals surface area contributed by atoms with Gasteiger partial charge in [-0.3, -0.25) is 4.79 Å². The van der Waals surface area contributed by atoms with E-state index in [-0.39, 0.29) is 23.9 Å². The fourth-order valence-corrected chi connectivity index (χ4v) is 6.44. The fraction of sp³-hybridized carbons (Fsp3) is 0.591. The largest absolute Gasteiger partial charge is 0.493 e. The van der Waals surface area contributed by atoms with Crippen LogP contribution in [0.3, 0.4) is 0 Å². The number of carbonyl (C=O) groups is 1. The van der Waals surface area contributed by atoms with Crippen LogP contribution < -0.4 is 19.5 Å². The molecule has 4 fully saturated rings. The molecule has 4 saturated carbocycles. The zero-order valence-corrected chi connectivity index (χ0v) is 18.0. The highest BCUT2D eigenvalue weighted by Crippen LogP contribution is 2.55. The minimum absolute atomic E-state index is 0. The predicted molar refractivity (Wildman–Crippen MR) is 114 cm³/mol. The molecule has 0 spiro atoms. The molecule has 4 bridgehead atoms. The zero-order chi connectivity index (χ0) is 19.5. The molecule has 7 heteroatoms. The number of hydrogen-bond acceptors (Lipinski definition) is 4. The Kier molecular flexibility index (Phi) is 5.09. The van der Waals surface area contributed by atoms with Crippen LogP contribution in [-0.4, -0.2) is 37.8 Å². The third-order valence-corrected chi connectivity index (χ3v) is 7.09. The van der Waals surface area contributed by atoms with E-state index in [1.807, 2.05) is 12.1 Å². The van der Waals surface area contributed by atoms with Gasteiger partial charge in [0, 0.05) is 17.0 Å². The predicted octanol–water partition coefficient (Wildman–Crippen LogP) is 4.31. The van der Waals surface area contributed by atoms with E-state index in [1.165, 1.54) is 19.3 Å². The zero-order valence-electron chi connectivity index (χ0n) is 17.2. The molecular formula is C22H29ClN2O4. The number of aromatic amines is 1. The average Bonchev–Trinajstić information content (AvgIpc) is 3.08. The first-order chi connectivity index (χ1) is 13.5. The molecule has 0 unspecified atom stereocenters. The molecule has 6 nitrogen and oxygen atoms in total. The lowest BCUT2D eigenvalue weighted by atomic mass is 9.53. The van der Waals surface area contributed by atoms with Crippen LogP contribution in [0.1, 0.15) is 49.0 Å². The fourth-order valence-electron chi connectivity index (χ4n) is 6.44. The van der Waals surface area contributed by atoms with Gasteiger partial charge >= 0.3 is 0 Å². The molecule has 29 heavy (non-hydrogen) atoms. The number of aromatic nitrogens is 1. The summed E-state index contributed by atoms with van der Waals surface area (Å²) in [5.41, 5.74) is 1.34. The summed E-state index contributed by atoms with van der Waals surface area (Å²) in [4.78, 5) is 16.4. The number of amides is 1. The summed E-state index contributed by atoms with van der Waals surface area (Å²) in [7, 11) is 4.77. The van der Waals surface area contributed by atoms with Crippen molar-refractivity contribution in [3.8, 4) is 17.2 Å². The van der Waals surface area contributed by atoms with Crippen molar-refractivity contribution in [3.05, 3.63) is 17.8 Å². The smallest absolute Gasteiger partial charge is 0.268 e. The van der Waals surface area contributed by atoms with Crippen molar-refractivity contribution in [3.63, 3.8) is 0 Å². The summed E-state index contributed by atoms with van der Waals surface area (Å²) in [6.07, 6.45) is 7.48. The third kappa shape index (κ3) is 3.21. The minimum Gasteiger partial charge on any atom is -0.493 e. The number of ether oxygens (including phenoxy) is 3. The maximum Gasteiger partial charge on any atom is 0.268 e. The molecule has 4 aliphatic carbocycles. The molecule has 1 heterocycles. The Labute approximate surface area is 177 Å². The summed E-state index contributed by atoms with van der Waals surface area (Å²) in [5.74, 6) is 4.03. The monoisotopic (exact) mass is 420 g/mol. The van der Waals surface area contributed by atoms with E-state index in [2.05, 4.69) is 10.3 Å². The van der Waals surface area contributed by atoms with Crippen LogP contribution >= 0.6 is 12.4 Å². The molecule has 1 aromatic heterocycles. The van der Waals surface area contributed by atoms with E-state index >= 15 is 0 Å². The normalized spacial score (nSPS) is 29.4. The molecule has 158 valence electrons. The van der Waals surface area contributed by atoms with Crippen molar-refractivity contribution in [2.24, 2.45) is 17.8 Å². The maximum absolute atomic E-state index is 13.2. The molecule has 0 aliphatic heterocycles. The summed E-state index contributed by atoms with van der Waals surface area (Å²) in [6, 6.07) is 3.70. The lowest BCUT2D eigenvalue weighted by Crippen LogP contribution is -2.59. The van der Waals surface area contributed by atoms with Crippen LogP contribution in [0.5, 0.6) is 17.2 Å². The number of carbonyl (C=O) groups excluding carboxylic acids is 1. The first kappa shape index (κ1) is 20.2. The first-order valence-corrected chi connectivity index (χ1v) is 10.2. The molecule has 6 rings (SSSR count). The summed E-state index contributed by atoms with van der Waals surface area (Å²) < 4.78 is 16.4. The van der Waals surface area contributed by atoms with E-state index in [4.69, 9.17) is 14.2 Å².